The molecule has 1 aromatic carbocycles. The molecule has 0 fully saturated rings. The van der Waals surface area contributed by atoms with Crippen LogP contribution in [0.3, 0.4) is 0 Å². The van der Waals surface area contributed by atoms with E-state index in [1.165, 1.54) is 16.5 Å². The van der Waals surface area contributed by atoms with Crippen molar-refractivity contribution >= 4 is 23.1 Å². The molecule has 0 spiro atoms. The first-order valence-corrected chi connectivity index (χ1v) is 6.99. The molecule has 0 radical (unpaired) electrons. The highest BCUT2D eigenvalue weighted by Gasteiger charge is 2.06. The van der Waals surface area contributed by atoms with E-state index in [2.05, 4.69) is 29.9 Å². The Morgan fingerprint density at radius 3 is 2.41 bits per heavy atom. The molecule has 4 nitrogen and oxygen atoms in total. The van der Waals surface area contributed by atoms with E-state index in [-0.39, 0.29) is 6.15 Å². The number of fused-ring (bicyclic) bond motifs is 1. The molecule has 0 aliphatic carbocycles. The van der Waals surface area contributed by atoms with Crippen molar-refractivity contribution in [3.63, 3.8) is 0 Å². The van der Waals surface area contributed by atoms with E-state index < -0.39 is 0 Å². The number of nitrogens with zero attached hydrogens (tertiary/aromatic N) is 3. The number of aromatic nitrogens is 3. The Balaban J connectivity index is 0.00000176. The number of hydrogen-bond donors (Lipinski definition) is 1. The van der Waals surface area contributed by atoms with Gasteiger partial charge in [0.25, 0.3) is 0 Å². The van der Waals surface area contributed by atoms with Crippen molar-refractivity contribution in [3.05, 3.63) is 64.9 Å². The van der Waals surface area contributed by atoms with Gasteiger partial charge in [0.15, 0.2) is 5.82 Å². The maximum absolute atomic E-state index is 4.73. The van der Waals surface area contributed by atoms with E-state index in [9.17, 15) is 0 Å². The summed E-state index contributed by atoms with van der Waals surface area (Å²) in [7, 11) is 0. The molecule has 3 aromatic rings. The van der Waals surface area contributed by atoms with Crippen LogP contribution in [0.5, 0.6) is 0 Å². The first-order chi connectivity index (χ1) is 10.1. The van der Waals surface area contributed by atoms with E-state index in [0.717, 1.165) is 16.9 Å². The SMILES string of the molecule is Cc1ccnc(C=Cc2nc3ccccc3c(C)c2C)n1.N. The van der Waals surface area contributed by atoms with Crippen LogP contribution in [0.4, 0.5) is 0 Å². The van der Waals surface area contributed by atoms with Gasteiger partial charge in [-0.3, -0.25) is 0 Å². The largest absolute Gasteiger partial charge is 0.344 e. The van der Waals surface area contributed by atoms with Crippen molar-refractivity contribution in [3.8, 4) is 0 Å². The molecule has 0 saturated heterocycles. The summed E-state index contributed by atoms with van der Waals surface area (Å²) in [6.07, 6.45) is 5.67. The summed E-state index contributed by atoms with van der Waals surface area (Å²) in [5, 5.41) is 1.21. The van der Waals surface area contributed by atoms with E-state index in [4.69, 9.17) is 4.98 Å². The fourth-order valence-corrected chi connectivity index (χ4v) is 2.36. The van der Waals surface area contributed by atoms with Crippen LogP contribution in [-0.2, 0) is 0 Å². The van der Waals surface area contributed by atoms with Crippen molar-refractivity contribution < 1.29 is 0 Å². The van der Waals surface area contributed by atoms with Gasteiger partial charge < -0.3 is 6.15 Å². The smallest absolute Gasteiger partial charge is 0.152 e. The molecule has 0 amide bonds. The normalized spacial score (nSPS) is 10.9. The van der Waals surface area contributed by atoms with Gasteiger partial charge in [-0.05, 0) is 56.2 Å². The van der Waals surface area contributed by atoms with Crippen LogP contribution >= 0.6 is 0 Å². The lowest BCUT2D eigenvalue weighted by atomic mass is 10.0. The number of para-hydroxylation sites is 1. The van der Waals surface area contributed by atoms with Gasteiger partial charge in [-0.25, -0.2) is 15.0 Å². The van der Waals surface area contributed by atoms with Gasteiger partial charge in [-0.15, -0.1) is 0 Å². The van der Waals surface area contributed by atoms with Gasteiger partial charge in [-0.1, -0.05) is 18.2 Å². The van der Waals surface area contributed by atoms with Gasteiger partial charge in [0.2, 0.25) is 0 Å². The molecule has 0 bridgehead atoms. The van der Waals surface area contributed by atoms with E-state index in [1.807, 2.05) is 43.3 Å². The van der Waals surface area contributed by atoms with Crippen molar-refractivity contribution in [2.45, 2.75) is 20.8 Å². The maximum Gasteiger partial charge on any atom is 0.152 e. The zero-order valence-electron chi connectivity index (χ0n) is 13.2. The summed E-state index contributed by atoms with van der Waals surface area (Å²) in [6, 6.07) is 10.1. The number of rotatable bonds is 2. The summed E-state index contributed by atoms with van der Waals surface area (Å²) in [4.78, 5) is 13.4. The van der Waals surface area contributed by atoms with E-state index >= 15 is 0 Å². The van der Waals surface area contributed by atoms with Gasteiger partial charge in [-0.2, -0.15) is 0 Å². The van der Waals surface area contributed by atoms with Gasteiger partial charge >= 0.3 is 0 Å². The minimum absolute atomic E-state index is 0. The first kappa shape index (κ1) is 15.8. The molecule has 112 valence electrons. The van der Waals surface area contributed by atoms with E-state index in [1.54, 1.807) is 6.20 Å². The molecule has 2 heterocycles. The first-order valence-electron chi connectivity index (χ1n) is 6.99. The number of benzene rings is 1. The Labute approximate surface area is 130 Å². The lowest BCUT2D eigenvalue weighted by Gasteiger charge is -2.08. The molecule has 0 aliphatic heterocycles. The lowest BCUT2D eigenvalue weighted by molar-refractivity contribution is 1.08. The Morgan fingerprint density at radius 2 is 1.64 bits per heavy atom. The Morgan fingerprint density at radius 1 is 0.864 bits per heavy atom. The molecule has 3 N–H and O–H groups in total. The van der Waals surface area contributed by atoms with E-state index in [0.29, 0.717) is 5.82 Å². The Kier molecular flexibility index (Phi) is 4.63. The number of pyridine rings is 1. The van der Waals surface area contributed by atoms with Crippen LogP contribution in [0.15, 0.2) is 36.5 Å². The Bertz CT molecular complexity index is 838. The molecule has 2 aromatic heterocycles. The molecule has 3 rings (SSSR count). The zero-order valence-corrected chi connectivity index (χ0v) is 13.2. The third-order valence-electron chi connectivity index (χ3n) is 3.70. The highest BCUT2D eigenvalue weighted by Crippen LogP contribution is 2.23. The third kappa shape index (κ3) is 3.02. The van der Waals surface area contributed by atoms with Crippen LogP contribution in [0, 0.1) is 20.8 Å². The summed E-state index contributed by atoms with van der Waals surface area (Å²) >= 11 is 0. The molecule has 0 saturated carbocycles. The summed E-state index contributed by atoms with van der Waals surface area (Å²) in [6.45, 7) is 6.20. The topological polar surface area (TPSA) is 73.7 Å². The lowest BCUT2D eigenvalue weighted by Crippen LogP contribution is -1.94. The van der Waals surface area contributed by atoms with Crippen molar-refractivity contribution in [2.24, 2.45) is 0 Å². The van der Waals surface area contributed by atoms with Crippen LogP contribution in [0.2, 0.25) is 0 Å². The number of hydrogen-bond acceptors (Lipinski definition) is 4. The van der Waals surface area contributed by atoms with Gasteiger partial charge in [0, 0.05) is 17.3 Å². The highest BCUT2D eigenvalue weighted by atomic mass is 14.9. The maximum atomic E-state index is 4.73. The monoisotopic (exact) mass is 292 g/mol. The quantitative estimate of drug-likeness (QED) is 0.765. The second-order valence-electron chi connectivity index (χ2n) is 5.15. The predicted molar refractivity (Wildman–Crippen MR) is 91.9 cm³/mol. The minimum atomic E-state index is 0. The molecule has 0 unspecified atom stereocenters. The fraction of sp³-hybridized carbons (Fsp3) is 0.167. The van der Waals surface area contributed by atoms with Gasteiger partial charge in [0.05, 0.1) is 11.2 Å². The molecule has 22 heavy (non-hydrogen) atoms. The average molecular weight is 292 g/mol. The van der Waals surface area contributed by atoms with Crippen LogP contribution < -0.4 is 6.15 Å². The molecular formula is C18H20N4. The minimum Gasteiger partial charge on any atom is -0.344 e. The highest BCUT2D eigenvalue weighted by molar-refractivity contribution is 5.85. The van der Waals surface area contributed by atoms with Gasteiger partial charge in [0.1, 0.15) is 0 Å². The summed E-state index contributed by atoms with van der Waals surface area (Å²) in [5.41, 5.74) is 5.41. The van der Waals surface area contributed by atoms with Crippen molar-refractivity contribution in [1.82, 2.24) is 21.1 Å². The van der Waals surface area contributed by atoms with Crippen LogP contribution in [0.1, 0.15) is 28.3 Å². The fourth-order valence-electron chi connectivity index (χ4n) is 2.36. The zero-order chi connectivity index (χ0) is 14.8. The average Bonchev–Trinajstić information content (AvgIpc) is 2.50. The number of aryl methyl sites for hydroxylation is 2. The molecule has 4 heteroatoms. The summed E-state index contributed by atoms with van der Waals surface area (Å²) in [5.74, 6) is 0.710. The Hall–Kier alpha value is -2.59. The molecule has 0 atom stereocenters. The predicted octanol–water partition coefficient (Wildman–Crippen LogP) is 4.28. The summed E-state index contributed by atoms with van der Waals surface area (Å²) < 4.78 is 0. The van der Waals surface area contributed by atoms with Crippen molar-refractivity contribution in [2.75, 3.05) is 0 Å². The van der Waals surface area contributed by atoms with Crippen LogP contribution in [0.25, 0.3) is 23.1 Å². The van der Waals surface area contributed by atoms with Crippen molar-refractivity contribution in [1.29, 1.82) is 0 Å². The second kappa shape index (κ2) is 6.45. The third-order valence-corrected chi connectivity index (χ3v) is 3.70. The second-order valence-corrected chi connectivity index (χ2v) is 5.15. The van der Waals surface area contributed by atoms with Crippen LogP contribution in [-0.4, -0.2) is 15.0 Å². The molecular weight excluding hydrogens is 272 g/mol. The molecule has 0 aliphatic rings. The standard InChI is InChI=1S/C18H17N3.H3N/c1-12-10-11-19-18(20-12)9-8-16-14(3)13(2)15-6-4-5-7-17(15)21-16;/h4-11H,1-3H3;1H3.